The van der Waals surface area contributed by atoms with Crippen molar-refractivity contribution in [1.82, 2.24) is 23.9 Å². The van der Waals surface area contributed by atoms with Gasteiger partial charge in [-0.05, 0) is 43.7 Å². The Kier molecular flexibility index (Phi) is 7.52. The maximum absolute atomic E-state index is 13.3. The molecular weight excluding hydrogens is 534 g/mol. The Balaban J connectivity index is 1.82. The lowest BCUT2D eigenvalue weighted by Gasteiger charge is -2.16. The molecule has 2 unspecified atom stereocenters. The standard InChI is InChI=1S/C24H22Cl2F3N5O3/c1-13-4-3-5-17(10-13)34-22(14(2)35)30-19(31-34)12-33-21(26)20(15-6-8-16(25)9-7-15)32(23(33)37)11-18(36)24(27,28)29/h3-10,14,18,35-36H,11-12H2,1-2H3. The van der Waals surface area contributed by atoms with Gasteiger partial charge in [0.25, 0.3) is 0 Å². The van der Waals surface area contributed by atoms with E-state index in [1.165, 1.54) is 35.9 Å². The van der Waals surface area contributed by atoms with Gasteiger partial charge in [-0.3, -0.25) is 9.13 Å². The number of hydrogen-bond donors (Lipinski definition) is 2. The van der Waals surface area contributed by atoms with E-state index >= 15 is 0 Å². The van der Waals surface area contributed by atoms with Crippen LogP contribution in [0.1, 0.15) is 30.2 Å². The number of hydrogen-bond acceptors (Lipinski definition) is 5. The number of imidazole rings is 1. The van der Waals surface area contributed by atoms with E-state index in [9.17, 15) is 28.2 Å². The lowest BCUT2D eigenvalue weighted by Crippen LogP contribution is -2.37. The van der Waals surface area contributed by atoms with Crippen LogP contribution in [0.5, 0.6) is 0 Å². The predicted molar refractivity (Wildman–Crippen MR) is 132 cm³/mol. The Morgan fingerprint density at radius 3 is 2.32 bits per heavy atom. The largest absolute Gasteiger partial charge is 0.416 e. The van der Waals surface area contributed by atoms with Crippen LogP contribution in [0.3, 0.4) is 0 Å². The van der Waals surface area contributed by atoms with E-state index in [1.807, 2.05) is 25.1 Å². The van der Waals surface area contributed by atoms with E-state index in [0.717, 1.165) is 14.7 Å². The molecule has 2 aromatic carbocycles. The summed E-state index contributed by atoms with van der Waals surface area (Å²) in [4.78, 5) is 17.6. The molecule has 0 saturated heterocycles. The third kappa shape index (κ3) is 5.59. The second-order valence-electron chi connectivity index (χ2n) is 8.50. The minimum atomic E-state index is -4.95. The molecule has 0 bridgehead atoms. The summed E-state index contributed by atoms with van der Waals surface area (Å²) in [5.74, 6) is 0.298. The molecule has 0 aliphatic rings. The van der Waals surface area contributed by atoms with E-state index in [-0.39, 0.29) is 29.0 Å². The van der Waals surface area contributed by atoms with Gasteiger partial charge in [0.15, 0.2) is 17.8 Å². The zero-order valence-electron chi connectivity index (χ0n) is 19.6. The van der Waals surface area contributed by atoms with Crippen molar-refractivity contribution >= 4 is 23.2 Å². The summed E-state index contributed by atoms with van der Waals surface area (Å²) in [6, 6.07) is 13.3. The first-order chi connectivity index (χ1) is 17.4. The van der Waals surface area contributed by atoms with Gasteiger partial charge in [0, 0.05) is 10.6 Å². The smallest absolute Gasteiger partial charge is 0.385 e. The molecule has 0 radical (unpaired) electrons. The van der Waals surface area contributed by atoms with Gasteiger partial charge < -0.3 is 10.2 Å². The average Bonchev–Trinajstić information content (AvgIpc) is 3.35. The summed E-state index contributed by atoms with van der Waals surface area (Å²) in [5.41, 5.74) is 0.964. The number of aromatic nitrogens is 5. The van der Waals surface area contributed by atoms with Crippen LogP contribution in [0.25, 0.3) is 16.9 Å². The first-order valence-electron chi connectivity index (χ1n) is 11.1. The molecule has 0 aliphatic carbocycles. The van der Waals surface area contributed by atoms with Crippen molar-refractivity contribution in [2.24, 2.45) is 0 Å². The van der Waals surface area contributed by atoms with Crippen LogP contribution in [-0.4, -0.2) is 46.4 Å². The summed E-state index contributed by atoms with van der Waals surface area (Å²) in [7, 11) is 0. The molecule has 4 aromatic rings. The Morgan fingerprint density at radius 1 is 1.05 bits per heavy atom. The first-order valence-corrected chi connectivity index (χ1v) is 11.8. The van der Waals surface area contributed by atoms with Crippen molar-refractivity contribution in [3.05, 3.63) is 86.4 Å². The number of aryl methyl sites for hydroxylation is 1. The molecule has 0 saturated carbocycles. The number of aliphatic hydroxyl groups excluding tert-OH is 2. The number of rotatable bonds is 7. The van der Waals surface area contributed by atoms with Crippen LogP contribution in [0.4, 0.5) is 13.2 Å². The van der Waals surface area contributed by atoms with Gasteiger partial charge in [0.1, 0.15) is 11.3 Å². The SMILES string of the molecule is Cc1cccc(-n2nc(Cn3c(Cl)c(-c4ccc(Cl)cc4)n(CC(O)C(F)(F)F)c3=O)nc2C(C)O)c1. The van der Waals surface area contributed by atoms with Crippen LogP contribution >= 0.6 is 23.2 Å². The van der Waals surface area contributed by atoms with Crippen molar-refractivity contribution in [1.29, 1.82) is 0 Å². The van der Waals surface area contributed by atoms with Gasteiger partial charge >= 0.3 is 11.9 Å². The molecule has 2 aromatic heterocycles. The van der Waals surface area contributed by atoms with Crippen LogP contribution in [0.15, 0.2) is 53.3 Å². The van der Waals surface area contributed by atoms with Gasteiger partial charge in [-0.15, -0.1) is 5.10 Å². The highest BCUT2D eigenvalue weighted by atomic mass is 35.5. The second-order valence-corrected chi connectivity index (χ2v) is 9.29. The Bertz CT molecular complexity index is 1480. The molecule has 2 atom stereocenters. The fraction of sp³-hybridized carbons (Fsp3) is 0.292. The first kappa shape index (κ1) is 26.9. The molecule has 0 spiro atoms. The van der Waals surface area contributed by atoms with Gasteiger partial charge in [0.2, 0.25) is 0 Å². The summed E-state index contributed by atoms with van der Waals surface area (Å²) < 4.78 is 42.7. The molecule has 0 fully saturated rings. The average molecular weight is 556 g/mol. The van der Waals surface area contributed by atoms with E-state index in [4.69, 9.17) is 23.2 Å². The van der Waals surface area contributed by atoms with Crippen LogP contribution in [0, 0.1) is 6.92 Å². The van der Waals surface area contributed by atoms with Crippen molar-refractivity contribution in [2.75, 3.05) is 0 Å². The fourth-order valence-corrected chi connectivity index (χ4v) is 4.30. The molecule has 0 aliphatic heterocycles. The molecule has 196 valence electrons. The Morgan fingerprint density at radius 2 is 1.73 bits per heavy atom. The summed E-state index contributed by atoms with van der Waals surface area (Å²) >= 11 is 12.5. The third-order valence-corrected chi connectivity index (χ3v) is 6.25. The van der Waals surface area contributed by atoms with Crippen LogP contribution in [0.2, 0.25) is 10.2 Å². The zero-order chi connectivity index (χ0) is 27.1. The number of benzene rings is 2. The maximum Gasteiger partial charge on any atom is 0.416 e. The topological polar surface area (TPSA) is 98.1 Å². The fourth-order valence-electron chi connectivity index (χ4n) is 3.83. The van der Waals surface area contributed by atoms with Gasteiger partial charge in [-0.2, -0.15) is 13.2 Å². The molecule has 2 heterocycles. The summed E-state index contributed by atoms with van der Waals surface area (Å²) in [6.07, 6.45) is -8.76. The molecule has 0 amide bonds. The summed E-state index contributed by atoms with van der Waals surface area (Å²) in [6.45, 7) is 2.02. The van der Waals surface area contributed by atoms with Crippen molar-refractivity contribution in [2.45, 2.75) is 45.3 Å². The lowest BCUT2D eigenvalue weighted by atomic mass is 10.1. The molecular formula is C24H22Cl2F3N5O3. The molecule has 8 nitrogen and oxygen atoms in total. The molecule has 13 heteroatoms. The zero-order valence-corrected chi connectivity index (χ0v) is 21.1. The minimum Gasteiger partial charge on any atom is -0.385 e. The van der Waals surface area contributed by atoms with Gasteiger partial charge in [0.05, 0.1) is 24.5 Å². The minimum absolute atomic E-state index is 0.0273. The van der Waals surface area contributed by atoms with Crippen LogP contribution in [-0.2, 0) is 13.1 Å². The second kappa shape index (κ2) is 10.3. The normalized spacial score (nSPS) is 13.6. The number of halogens is 5. The Hall–Kier alpha value is -3.12. The van der Waals surface area contributed by atoms with E-state index in [0.29, 0.717) is 16.3 Å². The van der Waals surface area contributed by atoms with Crippen LogP contribution < -0.4 is 5.69 Å². The van der Waals surface area contributed by atoms with E-state index in [2.05, 4.69) is 10.1 Å². The lowest BCUT2D eigenvalue weighted by molar-refractivity contribution is -0.207. The van der Waals surface area contributed by atoms with Gasteiger partial charge in [-0.25, -0.2) is 14.5 Å². The van der Waals surface area contributed by atoms with Crippen molar-refractivity contribution in [3.63, 3.8) is 0 Å². The van der Waals surface area contributed by atoms with Crippen molar-refractivity contribution < 1.29 is 23.4 Å². The highest BCUT2D eigenvalue weighted by Crippen LogP contribution is 2.31. The Labute approximate surface area is 219 Å². The van der Waals surface area contributed by atoms with E-state index in [1.54, 1.807) is 6.07 Å². The number of nitrogens with zero attached hydrogens (tertiary/aromatic N) is 5. The number of aliphatic hydroxyl groups is 2. The quantitative estimate of drug-likeness (QED) is 0.349. The maximum atomic E-state index is 13.3. The van der Waals surface area contributed by atoms with E-state index < -0.39 is 30.6 Å². The summed E-state index contributed by atoms with van der Waals surface area (Å²) in [5, 5.41) is 24.6. The number of alkyl halides is 3. The molecule has 37 heavy (non-hydrogen) atoms. The monoisotopic (exact) mass is 555 g/mol. The highest BCUT2D eigenvalue weighted by molar-refractivity contribution is 6.32. The molecule has 4 rings (SSSR count). The predicted octanol–water partition coefficient (Wildman–Crippen LogP) is 4.54. The molecule has 2 N–H and O–H groups in total. The third-order valence-electron chi connectivity index (χ3n) is 5.61. The highest BCUT2D eigenvalue weighted by Gasteiger charge is 2.39. The van der Waals surface area contributed by atoms with Crippen molar-refractivity contribution in [3.8, 4) is 16.9 Å². The van der Waals surface area contributed by atoms with Gasteiger partial charge in [-0.1, -0.05) is 47.5 Å².